The second-order valence-corrected chi connectivity index (χ2v) is 5.52. The molecule has 0 bridgehead atoms. The van der Waals surface area contributed by atoms with Gasteiger partial charge in [-0.25, -0.2) is 0 Å². The Balaban J connectivity index is 2.83. The molecule has 3 N–H and O–H groups in total. The summed E-state index contributed by atoms with van der Waals surface area (Å²) in [7, 11) is 0. The Hall–Kier alpha value is -1.000. The van der Waals surface area contributed by atoms with E-state index in [0.717, 1.165) is 24.3 Å². The Labute approximate surface area is 120 Å². The standard InChI is InChI=1S/C15H24N2OS/c1-4-11-7-6-8-12(5-2)14(11)17-15(18)13(16)9-10-19-3/h6-8,13H,4-5,9-10,16H2,1-3H3,(H,17,18)/t13-/m0/s1. The Bertz CT molecular complexity index is 398. The molecular formula is C15H24N2OS. The SMILES string of the molecule is CCc1cccc(CC)c1NC(=O)[C@@H](N)CCSC. The number of rotatable bonds is 7. The summed E-state index contributed by atoms with van der Waals surface area (Å²) in [6, 6.07) is 5.73. The second kappa shape index (κ2) is 8.23. The van der Waals surface area contributed by atoms with Crippen molar-refractivity contribution in [2.75, 3.05) is 17.3 Å². The zero-order valence-electron chi connectivity index (χ0n) is 12.0. The molecule has 3 nitrogen and oxygen atoms in total. The van der Waals surface area contributed by atoms with Crippen LogP contribution in [0.2, 0.25) is 0 Å². The van der Waals surface area contributed by atoms with Crippen molar-refractivity contribution in [1.29, 1.82) is 0 Å². The fourth-order valence-electron chi connectivity index (χ4n) is 1.99. The second-order valence-electron chi connectivity index (χ2n) is 4.54. The Morgan fingerprint density at radius 1 is 1.32 bits per heavy atom. The molecule has 0 heterocycles. The van der Waals surface area contributed by atoms with Crippen LogP contribution in [-0.4, -0.2) is 24.0 Å². The molecule has 1 rings (SSSR count). The molecule has 0 spiro atoms. The summed E-state index contributed by atoms with van der Waals surface area (Å²) in [5, 5.41) is 3.02. The van der Waals surface area contributed by atoms with E-state index in [4.69, 9.17) is 5.73 Å². The molecule has 0 unspecified atom stereocenters. The number of nitrogens with two attached hydrogens (primary N) is 1. The highest BCUT2D eigenvalue weighted by atomic mass is 32.2. The van der Waals surface area contributed by atoms with Gasteiger partial charge >= 0.3 is 0 Å². The minimum Gasteiger partial charge on any atom is -0.324 e. The Morgan fingerprint density at radius 2 is 1.89 bits per heavy atom. The van der Waals surface area contributed by atoms with Crippen molar-refractivity contribution in [3.05, 3.63) is 29.3 Å². The van der Waals surface area contributed by atoms with E-state index in [9.17, 15) is 4.79 Å². The molecule has 1 amide bonds. The first-order valence-electron chi connectivity index (χ1n) is 6.80. The lowest BCUT2D eigenvalue weighted by Crippen LogP contribution is -2.36. The molecule has 1 aromatic carbocycles. The van der Waals surface area contributed by atoms with E-state index < -0.39 is 6.04 Å². The number of benzene rings is 1. The van der Waals surface area contributed by atoms with Crippen LogP contribution in [0.25, 0.3) is 0 Å². The van der Waals surface area contributed by atoms with E-state index in [1.165, 1.54) is 11.1 Å². The van der Waals surface area contributed by atoms with Crippen molar-refractivity contribution in [1.82, 2.24) is 0 Å². The average Bonchev–Trinajstić information content (AvgIpc) is 2.44. The number of hydrogen-bond donors (Lipinski definition) is 2. The minimum absolute atomic E-state index is 0.0790. The van der Waals surface area contributed by atoms with Crippen LogP contribution < -0.4 is 11.1 Å². The first-order valence-corrected chi connectivity index (χ1v) is 8.19. The maximum Gasteiger partial charge on any atom is 0.241 e. The van der Waals surface area contributed by atoms with Crippen LogP contribution >= 0.6 is 11.8 Å². The number of carbonyl (C=O) groups excluding carboxylic acids is 1. The van der Waals surface area contributed by atoms with Crippen molar-refractivity contribution in [2.45, 2.75) is 39.2 Å². The molecule has 19 heavy (non-hydrogen) atoms. The summed E-state index contributed by atoms with van der Waals surface area (Å²) >= 11 is 1.71. The van der Waals surface area contributed by atoms with Gasteiger partial charge in [0.05, 0.1) is 6.04 Å². The predicted octanol–water partition coefficient (Wildman–Crippen LogP) is 2.83. The predicted molar refractivity (Wildman–Crippen MR) is 84.8 cm³/mol. The number of nitrogens with one attached hydrogen (secondary N) is 1. The molecule has 0 radical (unpaired) electrons. The largest absolute Gasteiger partial charge is 0.324 e. The van der Waals surface area contributed by atoms with E-state index in [1.807, 2.05) is 12.3 Å². The summed E-state index contributed by atoms with van der Waals surface area (Å²) in [4.78, 5) is 12.1. The summed E-state index contributed by atoms with van der Waals surface area (Å²) in [6.45, 7) is 4.19. The number of amides is 1. The van der Waals surface area contributed by atoms with Crippen LogP contribution in [0.4, 0.5) is 5.69 Å². The van der Waals surface area contributed by atoms with Crippen molar-refractivity contribution < 1.29 is 4.79 Å². The van der Waals surface area contributed by atoms with Crippen molar-refractivity contribution in [3.8, 4) is 0 Å². The normalized spacial score (nSPS) is 12.2. The van der Waals surface area contributed by atoms with Crippen LogP contribution in [0.1, 0.15) is 31.4 Å². The Kier molecular flexibility index (Phi) is 6.95. The first-order chi connectivity index (χ1) is 9.13. The lowest BCUT2D eigenvalue weighted by atomic mass is 10.0. The van der Waals surface area contributed by atoms with Crippen LogP contribution in [0.15, 0.2) is 18.2 Å². The molecule has 0 aliphatic heterocycles. The topological polar surface area (TPSA) is 55.1 Å². The van der Waals surface area contributed by atoms with E-state index in [1.54, 1.807) is 11.8 Å². The van der Waals surface area contributed by atoms with E-state index in [-0.39, 0.29) is 5.91 Å². The van der Waals surface area contributed by atoms with Gasteiger partial charge in [-0.2, -0.15) is 11.8 Å². The third kappa shape index (κ3) is 4.55. The quantitative estimate of drug-likeness (QED) is 0.807. The number of aryl methyl sites for hydroxylation is 2. The van der Waals surface area contributed by atoms with Crippen molar-refractivity contribution >= 4 is 23.4 Å². The highest BCUT2D eigenvalue weighted by Crippen LogP contribution is 2.22. The van der Waals surface area contributed by atoms with E-state index in [0.29, 0.717) is 6.42 Å². The molecule has 4 heteroatoms. The third-order valence-electron chi connectivity index (χ3n) is 3.22. The molecule has 0 saturated heterocycles. The average molecular weight is 280 g/mol. The lowest BCUT2D eigenvalue weighted by molar-refractivity contribution is -0.117. The van der Waals surface area contributed by atoms with Gasteiger partial charge < -0.3 is 11.1 Å². The van der Waals surface area contributed by atoms with Gasteiger partial charge in [-0.1, -0.05) is 32.0 Å². The molecule has 0 aromatic heterocycles. The third-order valence-corrected chi connectivity index (χ3v) is 3.86. The number of anilines is 1. The smallest absolute Gasteiger partial charge is 0.241 e. The maximum absolute atomic E-state index is 12.1. The van der Waals surface area contributed by atoms with Crippen molar-refractivity contribution in [2.24, 2.45) is 5.73 Å². The highest BCUT2D eigenvalue weighted by Gasteiger charge is 2.15. The molecule has 1 aromatic rings. The van der Waals surface area contributed by atoms with Crippen LogP contribution in [0.3, 0.4) is 0 Å². The van der Waals surface area contributed by atoms with E-state index >= 15 is 0 Å². The lowest BCUT2D eigenvalue weighted by Gasteiger charge is -2.17. The zero-order chi connectivity index (χ0) is 14.3. The van der Waals surface area contributed by atoms with Gasteiger partial charge in [0.15, 0.2) is 0 Å². The molecule has 0 aliphatic carbocycles. The van der Waals surface area contributed by atoms with Crippen LogP contribution in [0, 0.1) is 0 Å². The monoisotopic (exact) mass is 280 g/mol. The van der Waals surface area contributed by atoms with Gasteiger partial charge in [-0.15, -0.1) is 0 Å². The Morgan fingerprint density at radius 3 is 2.37 bits per heavy atom. The molecular weight excluding hydrogens is 256 g/mol. The molecule has 0 fully saturated rings. The summed E-state index contributed by atoms with van der Waals surface area (Å²) in [6.07, 6.45) is 4.54. The summed E-state index contributed by atoms with van der Waals surface area (Å²) in [5.74, 6) is 0.828. The number of para-hydroxylation sites is 1. The fraction of sp³-hybridized carbons (Fsp3) is 0.533. The fourth-order valence-corrected chi connectivity index (χ4v) is 2.48. The van der Waals surface area contributed by atoms with Gasteiger partial charge in [0, 0.05) is 5.69 Å². The molecule has 106 valence electrons. The van der Waals surface area contributed by atoms with Crippen molar-refractivity contribution in [3.63, 3.8) is 0 Å². The first kappa shape index (κ1) is 16.1. The van der Waals surface area contributed by atoms with Gasteiger partial charge in [0.1, 0.15) is 0 Å². The number of thioether (sulfide) groups is 1. The van der Waals surface area contributed by atoms with Gasteiger partial charge in [0.25, 0.3) is 0 Å². The minimum atomic E-state index is -0.429. The number of carbonyl (C=O) groups is 1. The summed E-state index contributed by atoms with van der Waals surface area (Å²) < 4.78 is 0. The van der Waals surface area contributed by atoms with Gasteiger partial charge in [-0.05, 0) is 42.4 Å². The number of hydrogen-bond acceptors (Lipinski definition) is 3. The van der Waals surface area contributed by atoms with Crippen LogP contribution in [0.5, 0.6) is 0 Å². The summed E-state index contributed by atoms with van der Waals surface area (Å²) in [5.41, 5.74) is 9.21. The maximum atomic E-state index is 12.1. The molecule has 0 aliphatic rings. The van der Waals surface area contributed by atoms with Gasteiger partial charge in [-0.3, -0.25) is 4.79 Å². The molecule has 1 atom stereocenters. The van der Waals surface area contributed by atoms with E-state index in [2.05, 4.69) is 31.3 Å². The van der Waals surface area contributed by atoms with Crippen LogP contribution in [-0.2, 0) is 17.6 Å². The highest BCUT2D eigenvalue weighted by molar-refractivity contribution is 7.98. The molecule has 0 saturated carbocycles. The zero-order valence-corrected chi connectivity index (χ0v) is 12.8. The van der Waals surface area contributed by atoms with Gasteiger partial charge in [0.2, 0.25) is 5.91 Å².